The topological polar surface area (TPSA) is 76.1 Å². The first kappa shape index (κ1) is 23.7. The Labute approximate surface area is 188 Å². The quantitative estimate of drug-likeness (QED) is 0.551. The molecule has 10 heteroatoms. The average Bonchev–Trinajstić information content (AvgIpc) is 2.71. The van der Waals surface area contributed by atoms with Crippen molar-refractivity contribution in [3.8, 4) is 11.1 Å². The zero-order valence-electron chi connectivity index (χ0n) is 17.0. The lowest BCUT2D eigenvalue weighted by Gasteiger charge is -2.13. The predicted octanol–water partition coefficient (Wildman–Crippen LogP) is 5.06. The van der Waals surface area contributed by atoms with Gasteiger partial charge in [0, 0.05) is 30.3 Å². The van der Waals surface area contributed by atoms with E-state index in [1.165, 1.54) is 24.3 Å². The van der Waals surface area contributed by atoms with Crippen LogP contribution in [0.5, 0.6) is 0 Å². The van der Waals surface area contributed by atoms with Crippen LogP contribution in [0.25, 0.3) is 11.1 Å². The Bertz CT molecular complexity index is 1270. The number of benzene rings is 2. The molecule has 168 valence electrons. The number of carbonyl (C=O) groups is 1. The zero-order valence-corrected chi connectivity index (χ0v) is 18.6. The van der Waals surface area contributed by atoms with Crippen molar-refractivity contribution in [2.24, 2.45) is 0 Å². The van der Waals surface area contributed by atoms with Gasteiger partial charge >= 0.3 is 6.18 Å². The van der Waals surface area contributed by atoms with Gasteiger partial charge in [-0.05, 0) is 60.0 Å². The molecule has 0 saturated carbocycles. The average molecular weight is 483 g/mol. The van der Waals surface area contributed by atoms with E-state index in [2.05, 4.69) is 10.3 Å². The highest BCUT2D eigenvalue weighted by atomic mass is 35.5. The summed E-state index contributed by atoms with van der Waals surface area (Å²) in [4.78, 5) is 16.6. The van der Waals surface area contributed by atoms with E-state index < -0.39 is 32.5 Å². The Hall–Kier alpha value is -2.91. The fraction of sp³-hybridized carbons (Fsp3) is 0.182. The Kier molecular flexibility index (Phi) is 6.61. The largest absolute Gasteiger partial charge is 0.417 e. The Balaban J connectivity index is 2.01. The number of halogens is 4. The van der Waals surface area contributed by atoms with Crippen LogP contribution in [0.3, 0.4) is 0 Å². The summed E-state index contributed by atoms with van der Waals surface area (Å²) in [6.07, 6.45) is -2.14. The summed E-state index contributed by atoms with van der Waals surface area (Å²) in [5.41, 5.74) is 0.690. The molecule has 0 bridgehead atoms. The molecule has 0 fully saturated rings. The standard InChI is InChI=1S/C22H18ClF3N2O3S/c1-13-3-4-14(11-27-13)12-28-21(29)17-7-16(8-18(9-17)32(2,30)31)15-5-6-20(23)19(10-15)22(24,25)26/h3-11H,12H2,1-2H3,(H,28,29). The third-order valence-electron chi connectivity index (χ3n) is 4.63. The van der Waals surface area contributed by atoms with E-state index in [1.807, 2.05) is 6.92 Å². The Morgan fingerprint density at radius 2 is 1.78 bits per heavy atom. The van der Waals surface area contributed by atoms with Crippen molar-refractivity contribution in [1.29, 1.82) is 0 Å². The number of pyridine rings is 1. The van der Waals surface area contributed by atoms with Crippen LogP contribution in [0.15, 0.2) is 59.6 Å². The second-order valence-corrected chi connectivity index (χ2v) is 9.62. The molecule has 5 nitrogen and oxygen atoms in total. The summed E-state index contributed by atoms with van der Waals surface area (Å²) in [7, 11) is -3.75. The molecule has 1 N–H and O–H groups in total. The van der Waals surface area contributed by atoms with Crippen molar-refractivity contribution in [2.75, 3.05) is 6.26 Å². The molecule has 1 heterocycles. The van der Waals surface area contributed by atoms with Gasteiger partial charge in [0.2, 0.25) is 0 Å². The van der Waals surface area contributed by atoms with Gasteiger partial charge in [0.25, 0.3) is 5.91 Å². The molecule has 0 atom stereocenters. The molecule has 1 aromatic heterocycles. The number of nitrogens with one attached hydrogen (secondary N) is 1. The fourth-order valence-electron chi connectivity index (χ4n) is 2.92. The normalized spacial score (nSPS) is 11.9. The van der Waals surface area contributed by atoms with E-state index in [0.29, 0.717) is 0 Å². The number of carbonyl (C=O) groups excluding carboxylic acids is 1. The maximum absolute atomic E-state index is 13.3. The third-order valence-corrected chi connectivity index (χ3v) is 6.05. The van der Waals surface area contributed by atoms with Gasteiger partial charge in [-0.3, -0.25) is 9.78 Å². The molecule has 0 radical (unpaired) electrons. The first-order valence-corrected chi connectivity index (χ1v) is 11.5. The van der Waals surface area contributed by atoms with Crippen molar-refractivity contribution in [2.45, 2.75) is 24.5 Å². The molecule has 0 aliphatic carbocycles. The smallest absolute Gasteiger partial charge is 0.348 e. The van der Waals surface area contributed by atoms with Crippen LogP contribution >= 0.6 is 11.6 Å². The Morgan fingerprint density at radius 3 is 2.38 bits per heavy atom. The first-order chi connectivity index (χ1) is 14.8. The van der Waals surface area contributed by atoms with Gasteiger partial charge in [-0.15, -0.1) is 0 Å². The zero-order chi connectivity index (χ0) is 23.7. The van der Waals surface area contributed by atoms with Gasteiger partial charge in [0.1, 0.15) is 0 Å². The van der Waals surface area contributed by atoms with E-state index >= 15 is 0 Å². The first-order valence-electron chi connectivity index (χ1n) is 9.26. The number of sulfone groups is 1. The van der Waals surface area contributed by atoms with Crippen LogP contribution in [0.4, 0.5) is 13.2 Å². The lowest BCUT2D eigenvalue weighted by Crippen LogP contribution is -2.23. The third kappa shape index (κ3) is 5.66. The second kappa shape index (κ2) is 8.91. The Morgan fingerprint density at radius 1 is 1.06 bits per heavy atom. The molecular formula is C22H18ClF3N2O3S. The molecule has 32 heavy (non-hydrogen) atoms. The van der Waals surface area contributed by atoms with E-state index in [1.54, 1.807) is 18.3 Å². The van der Waals surface area contributed by atoms with Gasteiger partial charge in [0.05, 0.1) is 15.5 Å². The molecule has 0 spiro atoms. The molecule has 3 rings (SSSR count). The molecule has 1 amide bonds. The predicted molar refractivity (Wildman–Crippen MR) is 115 cm³/mol. The van der Waals surface area contributed by atoms with Crippen LogP contribution in [-0.2, 0) is 22.6 Å². The highest BCUT2D eigenvalue weighted by molar-refractivity contribution is 7.90. The number of aromatic nitrogens is 1. The number of hydrogen-bond donors (Lipinski definition) is 1. The van der Waals surface area contributed by atoms with Crippen LogP contribution in [0, 0.1) is 6.92 Å². The molecule has 0 aliphatic rings. The number of aryl methyl sites for hydroxylation is 1. The van der Waals surface area contributed by atoms with Gasteiger partial charge in [-0.1, -0.05) is 23.7 Å². The van der Waals surface area contributed by atoms with Gasteiger partial charge in [0.15, 0.2) is 9.84 Å². The van der Waals surface area contributed by atoms with E-state index in [-0.39, 0.29) is 28.1 Å². The summed E-state index contributed by atoms with van der Waals surface area (Å²) in [5, 5.41) is 2.18. The van der Waals surface area contributed by atoms with E-state index in [4.69, 9.17) is 11.6 Å². The molecule has 2 aromatic carbocycles. The van der Waals surface area contributed by atoms with Crippen LogP contribution in [-0.4, -0.2) is 25.6 Å². The fourth-order valence-corrected chi connectivity index (χ4v) is 3.83. The van der Waals surface area contributed by atoms with Gasteiger partial charge < -0.3 is 5.32 Å². The van der Waals surface area contributed by atoms with Gasteiger partial charge in [-0.25, -0.2) is 8.42 Å². The minimum absolute atomic E-state index is 0.00787. The molecule has 0 saturated heterocycles. The molecule has 3 aromatic rings. The van der Waals surface area contributed by atoms with Crippen LogP contribution < -0.4 is 5.32 Å². The maximum Gasteiger partial charge on any atom is 0.417 e. The lowest BCUT2D eigenvalue weighted by atomic mass is 10.0. The lowest BCUT2D eigenvalue weighted by molar-refractivity contribution is -0.137. The SMILES string of the molecule is Cc1ccc(CNC(=O)c2cc(-c3ccc(Cl)c(C(F)(F)F)c3)cc(S(C)(=O)=O)c2)cn1. The van der Waals surface area contributed by atoms with E-state index in [9.17, 15) is 26.4 Å². The summed E-state index contributed by atoms with van der Waals surface area (Å²) >= 11 is 5.68. The summed E-state index contributed by atoms with van der Waals surface area (Å²) < 4.78 is 64.1. The molecule has 0 aliphatic heterocycles. The monoisotopic (exact) mass is 482 g/mol. The minimum Gasteiger partial charge on any atom is -0.348 e. The van der Waals surface area contributed by atoms with Crippen molar-refractivity contribution < 1.29 is 26.4 Å². The number of amides is 1. The van der Waals surface area contributed by atoms with E-state index in [0.717, 1.165) is 29.6 Å². The van der Waals surface area contributed by atoms with Crippen molar-refractivity contribution >= 4 is 27.3 Å². The van der Waals surface area contributed by atoms with Crippen molar-refractivity contribution in [3.63, 3.8) is 0 Å². The van der Waals surface area contributed by atoms with Crippen LogP contribution in [0.1, 0.15) is 27.2 Å². The number of hydrogen-bond acceptors (Lipinski definition) is 4. The number of nitrogens with zero attached hydrogens (tertiary/aromatic N) is 1. The van der Waals surface area contributed by atoms with Crippen LogP contribution in [0.2, 0.25) is 5.02 Å². The van der Waals surface area contributed by atoms with Gasteiger partial charge in [-0.2, -0.15) is 13.2 Å². The maximum atomic E-state index is 13.3. The van der Waals surface area contributed by atoms with Crippen molar-refractivity contribution in [3.05, 3.63) is 82.1 Å². The number of rotatable bonds is 5. The highest BCUT2D eigenvalue weighted by Gasteiger charge is 2.33. The second-order valence-electron chi connectivity index (χ2n) is 7.20. The number of alkyl halides is 3. The summed E-state index contributed by atoms with van der Waals surface area (Å²) in [5.74, 6) is -0.581. The summed E-state index contributed by atoms with van der Waals surface area (Å²) in [6, 6.07) is 10.5. The minimum atomic E-state index is -4.69. The van der Waals surface area contributed by atoms with Crippen molar-refractivity contribution in [1.82, 2.24) is 10.3 Å². The summed E-state index contributed by atoms with van der Waals surface area (Å²) in [6.45, 7) is 1.96. The molecular weight excluding hydrogens is 465 g/mol. The molecule has 0 unspecified atom stereocenters. The highest BCUT2D eigenvalue weighted by Crippen LogP contribution is 2.37.